The minimum Gasteiger partial charge on any atom is -0.351 e. The lowest BCUT2D eigenvalue weighted by atomic mass is 10.2. The van der Waals surface area contributed by atoms with Gasteiger partial charge in [0.15, 0.2) is 0 Å². The molecule has 1 aromatic carbocycles. The fourth-order valence-corrected chi connectivity index (χ4v) is 1.78. The number of nitrogens with one attached hydrogen (secondary N) is 2. The van der Waals surface area contributed by atoms with Crippen molar-refractivity contribution in [2.24, 2.45) is 0 Å². The number of carbonyl (C=O) groups excluding carboxylic acids is 1. The van der Waals surface area contributed by atoms with E-state index in [1.54, 1.807) is 23.1 Å². The summed E-state index contributed by atoms with van der Waals surface area (Å²) >= 11 is 0. The lowest BCUT2D eigenvalue weighted by molar-refractivity contribution is 0.0954. The number of aromatic nitrogens is 3. The van der Waals surface area contributed by atoms with Crippen LogP contribution in [0.25, 0.3) is 5.69 Å². The summed E-state index contributed by atoms with van der Waals surface area (Å²) in [4.78, 5) is 15.8. The Bertz CT molecular complexity index is 527. The van der Waals surface area contributed by atoms with E-state index >= 15 is 0 Å². The summed E-state index contributed by atoms with van der Waals surface area (Å²) < 4.78 is 1.65. The van der Waals surface area contributed by atoms with Gasteiger partial charge in [-0.1, -0.05) is 6.92 Å². The number of halogens is 1. The molecule has 0 aliphatic carbocycles. The summed E-state index contributed by atoms with van der Waals surface area (Å²) in [5, 5.41) is 10.1. The summed E-state index contributed by atoms with van der Waals surface area (Å²) in [6.07, 6.45) is 4.19. The molecule has 0 saturated carbocycles. The molecule has 0 atom stereocenters. The lowest BCUT2D eigenvalue weighted by Crippen LogP contribution is -2.32. The Morgan fingerprint density at radius 2 is 1.95 bits per heavy atom. The van der Waals surface area contributed by atoms with E-state index in [0.717, 1.165) is 25.2 Å². The van der Waals surface area contributed by atoms with Crippen molar-refractivity contribution in [1.29, 1.82) is 0 Å². The smallest absolute Gasteiger partial charge is 0.251 e. The predicted octanol–water partition coefficient (Wildman–Crippen LogP) is 1.42. The Kier molecular flexibility index (Phi) is 7.42. The first-order valence-corrected chi connectivity index (χ1v) is 6.75. The van der Waals surface area contributed by atoms with Crippen LogP contribution < -0.4 is 10.6 Å². The minimum atomic E-state index is -0.0616. The summed E-state index contributed by atoms with van der Waals surface area (Å²) in [5.74, 6) is -0.0616. The zero-order valence-corrected chi connectivity index (χ0v) is 12.8. The second-order valence-electron chi connectivity index (χ2n) is 4.39. The van der Waals surface area contributed by atoms with Crippen LogP contribution in [0.5, 0.6) is 0 Å². The number of hydrogen-bond donors (Lipinski definition) is 2. The zero-order chi connectivity index (χ0) is 14.2. The first-order chi connectivity index (χ1) is 9.81. The van der Waals surface area contributed by atoms with Crippen molar-refractivity contribution in [1.82, 2.24) is 25.4 Å². The van der Waals surface area contributed by atoms with E-state index in [2.05, 4.69) is 27.6 Å². The van der Waals surface area contributed by atoms with Crippen LogP contribution in [0.2, 0.25) is 0 Å². The second kappa shape index (κ2) is 9.10. The quantitative estimate of drug-likeness (QED) is 0.759. The molecule has 1 aromatic heterocycles. The van der Waals surface area contributed by atoms with Crippen molar-refractivity contribution in [2.45, 2.75) is 13.3 Å². The van der Waals surface area contributed by atoms with Gasteiger partial charge in [0.1, 0.15) is 12.7 Å². The molecular formula is C14H20ClN5O. The Balaban J connectivity index is 0.00000220. The van der Waals surface area contributed by atoms with Crippen LogP contribution in [0.1, 0.15) is 23.7 Å². The molecule has 7 heteroatoms. The van der Waals surface area contributed by atoms with Crippen molar-refractivity contribution >= 4 is 18.3 Å². The number of amides is 1. The fourth-order valence-electron chi connectivity index (χ4n) is 1.78. The van der Waals surface area contributed by atoms with E-state index in [0.29, 0.717) is 12.1 Å². The Labute approximate surface area is 130 Å². The molecule has 21 heavy (non-hydrogen) atoms. The summed E-state index contributed by atoms with van der Waals surface area (Å²) in [5.41, 5.74) is 1.52. The van der Waals surface area contributed by atoms with Crippen molar-refractivity contribution in [3.05, 3.63) is 42.5 Å². The molecule has 2 rings (SSSR count). The molecule has 0 radical (unpaired) electrons. The maximum Gasteiger partial charge on any atom is 0.251 e. The molecule has 114 valence electrons. The van der Waals surface area contributed by atoms with Gasteiger partial charge < -0.3 is 10.6 Å². The van der Waals surface area contributed by atoms with E-state index in [1.807, 2.05) is 12.1 Å². The first-order valence-electron chi connectivity index (χ1n) is 6.75. The Morgan fingerprint density at radius 1 is 1.19 bits per heavy atom. The second-order valence-corrected chi connectivity index (χ2v) is 4.39. The van der Waals surface area contributed by atoms with Crippen molar-refractivity contribution in [3.8, 4) is 5.69 Å². The van der Waals surface area contributed by atoms with Gasteiger partial charge in [-0.15, -0.1) is 12.4 Å². The number of rotatable bonds is 7. The van der Waals surface area contributed by atoms with E-state index in [4.69, 9.17) is 0 Å². The molecule has 0 bridgehead atoms. The first kappa shape index (κ1) is 17.1. The SMILES string of the molecule is CCCNCCNC(=O)c1ccc(-n2cncn2)cc1.Cl. The summed E-state index contributed by atoms with van der Waals surface area (Å²) in [6.45, 7) is 4.50. The number of benzene rings is 1. The minimum absolute atomic E-state index is 0. The molecule has 1 heterocycles. The van der Waals surface area contributed by atoms with E-state index in [-0.39, 0.29) is 18.3 Å². The van der Waals surface area contributed by atoms with Gasteiger partial charge in [0, 0.05) is 18.7 Å². The van der Waals surface area contributed by atoms with Crippen molar-refractivity contribution < 1.29 is 4.79 Å². The number of carbonyl (C=O) groups is 1. The van der Waals surface area contributed by atoms with Crippen molar-refractivity contribution in [3.63, 3.8) is 0 Å². The molecule has 0 saturated heterocycles. The van der Waals surface area contributed by atoms with Gasteiger partial charge in [-0.2, -0.15) is 5.10 Å². The van der Waals surface area contributed by atoms with Gasteiger partial charge in [-0.25, -0.2) is 9.67 Å². The highest BCUT2D eigenvalue weighted by atomic mass is 35.5. The van der Waals surface area contributed by atoms with E-state index in [9.17, 15) is 4.79 Å². The van der Waals surface area contributed by atoms with Gasteiger partial charge in [0.2, 0.25) is 0 Å². The van der Waals surface area contributed by atoms with Gasteiger partial charge >= 0.3 is 0 Å². The maximum absolute atomic E-state index is 11.9. The third kappa shape index (κ3) is 5.17. The topological polar surface area (TPSA) is 71.8 Å². The predicted molar refractivity (Wildman–Crippen MR) is 84.1 cm³/mol. The molecule has 0 unspecified atom stereocenters. The fraction of sp³-hybridized carbons (Fsp3) is 0.357. The Hall–Kier alpha value is -1.92. The van der Waals surface area contributed by atoms with Crippen LogP contribution in [-0.4, -0.2) is 40.3 Å². The van der Waals surface area contributed by atoms with Crippen LogP contribution in [0.3, 0.4) is 0 Å². The highest BCUT2D eigenvalue weighted by Gasteiger charge is 2.05. The summed E-state index contributed by atoms with van der Waals surface area (Å²) in [7, 11) is 0. The van der Waals surface area contributed by atoms with Gasteiger partial charge in [-0.05, 0) is 37.2 Å². The monoisotopic (exact) mass is 309 g/mol. The molecule has 1 amide bonds. The third-order valence-electron chi connectivity index (χ3n) is 2.83. The average Bonchev–Trinajstić information content (AvgIpc) is 3.01. The normalized spacial score (nSPS) is 9.95. The van der Waals surface area contributed by atoms with Crippen LogP contribution in [-0.2, 0) is 0 Å². The highest BCUT2D eigenvalue weighted by molar-refractivity contribution is 5.94. The van der Waals surface area contributed by atoms with Gasteiger partial charge in [-0.3, -0.25) is 4.79 Å². The van der Waals surface area contributed by atoms with Crippen LogP contribution >= 0.6 is 12.4 Å². The molecule has 0 aliphatic rings. The average molecular weight is 310 g/mol. The van der Waals surface area contributed by atoms with Gasteiger partial charge in [0.25, 0.3) is 5.91 Å². The van der Waals surface area contributed by atoms with Crippen LogP contribution in [0.4, 0.5) is 0 Å². The van der Waals surface area contributed by atoms with Gasteiger partial charge in [0.05, 0.1) is 5.69 Å². The maximum atomic E-state index is 11.9. The number of hydrogen-bond acceptors (Lipinski definition) is 4. The van der Waals surface area contributed by atoms with Crippen LogP contribution in [0.15, 0.2) is 36.9 Å². The van der Waals surface area contributed by atoms with Crippen molar-refractivity contribution in [2.75, 3.05) is 19.6 Å². The largest absolute Gasteiger partial charge is 0.351 e. The molecule has 0 fully saturated rings. The molecular weight excluding hydrogens is 290 g/mol. The molecule has 2 N–H and O–H groups in total. The lowest BCUT2D eigenvalue weighted by Gasteiger charge is -2.07. The zero-order valence-electron chi connectivity index (χ0n) is 12.0. The number of nitrogens with zero attached hydrogens (tertiary/aromatic N) is 3. The van der Waals surface area contributed by atoms with E-state index in [1.165, 1.54) is 6.33 Å². The van der Waals surface area contributed by atoms with Crippen LogP contribution in [0, 0.1) is 0 Å². The highest BCUT2D eigenvalue weighted by Crippen LogP contribution is 2.07. The molecule has 2 aromatic rings. The Morgan fingerprint density at radius 3 is 2.57 bits per heavy atom. The third-order valence-corrected chi connectivity index (χ3v) is 2.83. The summed E-state index contributed by atoms with van der Waals surface area (Å²) in [6, 6.07) is 7.26. The molecule has 0 aliphatic heterocycles. The van der Waals surface area contributed by atoms with E-state index < -0.39 is 0 Å². The molecule has 0 spiro atoms. The standard InChI is InChI=1S/C14H19N5O.ClH/c1-2-7-15-8-9-17-14(20)12-3-5-13(6-4-12)19-11-16-10-18-19;/h3-6,10-11,15H,2,7-9H2,1H3,(H,17,20);1H. The molecule has 6 nitrogen and oxygen atoms in total.